The van der Waals surface area contributed by atoms with E-state index in [9.17, 15) is 4.39 Å². The van der Waals surface area contributed by atoms with Crippen LogP contribution in [0.25, 0.3) is 0 Å². The highest BCUT2D eigenvalue weighted by Crippen LogP contribution is 2.52. The molecule has 2 saturated heterocycles. The molecule has 5 heteroatoms. The zero-order valence-corrected chi connectivity index (χ0v) is 16.4. The predicted octanol–water partition coefficient (Wildman–Crippen LogP) is 3.60. The van der Waals surface area contributed by atoms with Crippen LogP contribution in [0.5, 0.6) is 0 Å². The number of likely N-dealkylation sites (tertiary alicyclic amines) is 1. The standard InChI is InChI=1S/C21H29BFNO2/c1-19(2)20(3,4)26-22(25-19)16-11-15-14(10-17(16)23)6-7-18(15)24-12-21(13-24)8-5-9-21/h10-11,18H,5-9,12-13H2,1-4H3. The lowest BCUT2D eigenvalue weighted by molar-refractivity contribution is -0.0837. The highest BCUT2D eigenvalue weighted by atomic mass is 19.1. The number of rotatable bonds is 2. The Morgan fingerprint density at radius 3 is 2.31 bits per heavy atom. The first kappa shape index (κ1) is 17.2. The number of hydrogen-bond donors (Lipinski definition) is 0. The Hall–Kier alpha value is -0.905. The van der Waals surface area contributed by atoms with Gasteiger partial charge in [0, 0.05) is 24.6 Å². The van der Waals surface area contributed by atoms with Crippen molar-refractivity contribution >= 4 is 12.6 Å². The molecule has 1 saturated carbocycles. The van der Waals surface area contributed by atoms with E-state index in [2.05, 4.69) is 4.90 Å². The minimum atomic E-state index is -0.624. The Kier molecular flexibility index (Phi) is 3.53. The molecule has 140 valence electrons. The van der Waals surface area contributed by atoms with Crippen molar-refractivity contribution in [2.24, 2.45) is 5.41 Å². The van der Waals surface area contributed by atoms with Gasteiger partial charge in [0.25, 0.3) is 0 Å². The minimum absolute atomic E-state index is 0.193. The summed E-state index contributed by atoms with van der Waals surface area (Å²) in [5, 5.41) is 0. The lowest BCUT2D eigenvalue weighted by atomic mass is 9.63. The van der Waals surface area contributed by atoms with E-state index in [0.29, 0.717) is 16.9 Å². The first-order valence-electron chi connectivity index (χ1n) is 10.1. The van der Waals surface area contributed by atoms with E-state index in [1.54, 1.807) is 6.07 Å². The smallest absolute Gasteiger partial charge is 0.399 e. The van der Waals surface area contributed by atoms with Crippen molar-refractivity contribution < 1.29 is 13.7 Å². The minimum Gasteiger partial charge on any atom is -0.399 e. The molecule has 0 N–H and O–H groups in total. The van der Waals surface area contributed by atoms with E-state index in [-0.39, 0.29) is 5.82 Å². The molecule has 3 fully saturated rings. The van der Waals surface area contributed by atoms with Gasteiger partial charge in [0.2, 0.25) is 0 Å². The maximum absolute atomic E-state index is 14.8. The Morgan fingerprint density at radius 1 is 1.08 bits per heavy atom. The van der Waals surface area contributed by atoms with Gasteiger partial charge in [-0.15, -0.1) is 0 Å². The van der Waals surface area contributed by atoms with Crippen LogP contribution >= 0.6 is 0 Å². The zero-order valence-electron chi connectivity index (χ0n) is 16.4. The summed E-state index contributed by atoms with van der Waals surface area (Å²) in [4.78, 5) is 2.61. The van der Waals surface area contributed by atoms with Gasteiger partial charge in [0.1, 0.15) is 5.82 Å². The molecule has 2 aliphatic heterocycles. The van der Waals surface area contributed by atoms with Crippen LogP contribution in [0.1, 0.15) is 70.5 Å². The van der Waals surface area contributed by atoms with Crippen LogP contribution in [0.4, 0.5) is 4.39 Å². The molecule has 0 radical (unpaired) electrons. The number of aryl methyl sites for hydroxylation is 1. The van der Waals surface area contributed by atoms with Gasteiger partial charge in [-0.2, -0.15) is 0 Å². The topological polar surface area (TPSA) is 21.7 Å². The SMILES string of the molecule is CC1(C)OB(c2cc3c(cc2F)CCC3N2CC3(CCC3)C2)OC1(C)C. The average Bonchev–Trinajstić information content (AvgIpc) is 2.93. The summed E-state index contributed by atoms with van der Waals surface area (Å²) in [6.07, 6.45) is 6.27. The zero-order chi connectivity index (χ0) is 18.3. The number of fused-ring (bicyclic) bond motifs is 1. The van der Waals surface area contributed by atoms with Gasteiger partial charge in [-0.3, -0.25) is 4.90 Å². The van der Waals surface area contributed by atoms with Crippen LogP contribution in [0.15, 0.2) is 12.1 Å². The Balaban J connectivity index is 1.42. The monoisotopic (exact) mass is 357 g/mol. The fourth-order valence-corrected chi connectivity index (χ4v) is 5.18. The Labute approximate surface area is 156 Å². The molecule has 1 atom stereocenters. The molecule has 2 heterocycles. The van der Waals surface area contributed by atoms with E-state index < -0.39 is 18.3 Å². The van der Waals surface area contributed by atoms with E-state index in [0.717, 1.165) is 12.8 Å². The Morgan fingerprint density at radius 2 is 1.73 bits per heavy atom. The van der Waals surface area contributed by atoms with Crippen molar-refractivity contribution in [3.63, 3.8) is 0 Å². The maximum atomic E-state index is 14.8. The van der Waals surface area contributed by atoms with Crippen LogP contribution in [-0.2, 0) is 15.7 Å². The van der Waals surface area contributed by atoms with Gasteiger partial charge < -0.3 is 9.31 Å². The summed E-state index contributed by atoms with van der Waals surface area (Å²) < 4.78 is 27.1. The van der Waals surface area contributed by atoms with E-state index >= 15 is 0 Å². The number of nitrogens with zero attached hydrogens (tertiary/aromatic N) is 1. The second-order valence-electron chi connectivity index (χ2n) is 9.97. The van der Waals surface area contributed by atoms with Crippen molar-refractivity contribution in [3.05, 3.63) is 29.1 Å². The van der Waals surface area contributed by atoms with Crippen LogP contribution in [0, 0.1) is 11.2 Å². The molecule has 0 bridgehead atoms. The summed E-state index contributed by atoms with van der Waals surface area (Å²) in [7, 11) is -0.624. The quantitative estimate of drug-likeness (QED) is 0.755. The normalized spacial score (nSPS) is 31.0. The van der Waals surface area contributed by atoms with Crippen LogP contribution in [-0.4, -0.2) is 36.3 Å². The molecule has 0 aromatic heterocycles. The maximum Gasteiger partial charge on any atom is 0.497 e. The first-order valence-corrected chi connectivity index (χ1v) is 10.1. The lowest BCUT2D eigenvalue weighted by Gasteiger charge is -2.58. The second-order valence-corrected chi connectivity index (χ2v) is 9.97. The number of halogens is 1. The molecule has 2 aliphatic carbocycles. The summed E-state index contributed by atoms with van der Waals surface area (Å²) >= 11 is 0. The molecule has 4 aliphatic rings. The first-order chi connectivity index (χ1) is 12.2. The van der Waals surface area contributed by atoms with Crippen LogP contribution in [0.2, 0.25) is 0 Å². The summed E-state index contributed by atoms with van der Waals surface area (Å²) in [5.74, 6) is -0.193. The van der Waals surface area contributed by atoms with Crippen molar-refractivity contribution in [1.82, 2.24) is 4.90 Å². The van der Waals surface area contributed by atoms with Crippen molar-refractivity contribution in [2.45, 2.75) is 77.0 Å². The molecule has 5 rings (SSSR count). The third-order valence-corrected chi connectivity index (χ3v) is 7.74. The highest BCUT2D eigenvalue weighted by Gasteiger charge is 2.53. The van der Waals surface area contributed by atoms with Crippen molar-refractivity contribution in [1.29, 1.82) is 0 Å². The third-order valence-electron chi connectivity index (χ3n) is 7.74. The van der Waals surface area contributed by atoms with Crippen LogP contribution < -0.4 is 5.46 Å². The lowest BCUT2D eigenvalue weighted by Crippen LogP contribution is -2.60. The van der Waals surface area contributed by atoms with Crippen molar-refractivity contribution in [3.8, 4) is 0 Å². The Bertz CT molecular complexity index is 735. The van der Waals surface area contributed by atoms with Gasteiger partial charge in [-0.1, -0.05) is 12.5 Å². The van der Waals surface area contributed by atoms with Gasteiger partial charge in [-0.05, 0) is 76.0 Å². The third kappa shape index (κ3) is 2.36. The summed E-state index contributed by atoms with van der Waals surface area (Å²) in [5.41, 5.74) is 2.76. The molecule has 3 nitrogen and oxygen atoms in total. The number of hydrogen-bond acceptors (Lipinski definition) is 3. The number of benzene rings is 1. The van der Waals surface area contributed by atoms with Gasteiger partial charge in [0.15, 0.2) is 0 Å². The predicted molar refractivity (Wildman–Crippen MR) is 101 cm³/mol. The molecule has 1 spiro atoms. The molecule has 1 unspecified atom stereocenters. The van der Waals surface area contributed by atoms with Gasteiger partial charge >= 0.3 is 7.12 Å². The molecular formula is C21H29BFNO2. The summed E-state index contributed by atoms with van der Waals surface area (Å²) in [6, 6.07) is 4.21. The second kappa shape index (κ2) is 5.33. The molecular weight excluding hydrogens is 328 g/mol. The largest absolute Gasteiger partial charge is 0.497 e. The molecule has 1 aromatic rings. The fraction of sp³-hybridized carbons (Fsp3) is 0.714. The average molecular weight is 357 g/mol. The highest BCUT2D eigenvalue weighted by molar-refractivity contribution is 6.62. The van der Waals surface area contributed by atoms with Crippen molar-refractivity contribution in [2.75, 3.05) is 13.1 Å². The van der Waals surface area contributed by atoms with E-state index in [1.807, 2.05) is 33.8 Å². The molecule has 0 amide bonds. The van der Waals surface area contributed by atoms with Crippen LogP contribution in [0.3, 0.4) is 0 Å². The van der Waals surface area contributed by atoms with E-state index in [4.69, 9.17) is 9.31 Å². The molecule has 26 heavy (non-hydrogen) atoms. The fourth-order valence-electron chi connectivity index (χ4n) is 5.18. The van der Waals surface area contributed by atoms with Gasteiger partial charge in [0.05, 0.1) is 11.2 Å². The summed E-state index contributed by atoms with van der Waals surface area (Å²) in [6.45, 7) is 10.5. The van der Waals surface area contributed by atoms with E-state index in [1.165, 1.54) is 43.5 Å². The molecule has 1 aromatic carbocycles. The van der Waals surface area contributed by atoms with Gasteiger partial charge in [-0.25, -0.2) is 4.39 Å².